The molecule has 2 aromatic rings. The Morgan fingerprint density at radius 3 is 2.29 bits per heavy atom. The van der Waals surface area contributed by atoms with E-state index in [4.69, 9.17) is 9.73 Å². The number of benzene rings is 2. The van der Waals surface area contributed by atoms with Crippen LogP contribution in [0, 0.1) is 23.5 Å². The molecule has 4 saturated heterocycles. The number of amidine groups is 1. The maximum atomic E-state index is 16.4. The Kier molecular flexibility index (Phi) is 14.1. The van der Waals surface area contributed by atoms with E-state index in [9.17, 15) is 9.59 Å². The minimum atomic E-state index is -1.23. The molecular weight excluding hydrogens is 832 g/mol. The molecule has 0 aromatic heterocycles. The molecule has 0 radical (unpaired) electrons. The number of nitrogens with zero attached hydrogens (tertiary/aromatic N) is 5. The molecule has 1 saturated carbocycles. The molecule has 65 heavy (non-hydrogen) atoms. The van der Waals surface area contributed by atoms with Crippen LogP contribution in [0.1, 0.15) is 136 Å². The molecule has 1 aliphatic carbocycles. The molecule has 4 N–H and O–H groups in total. The van der Waals surface area contributed by atoms with Gasteiger partial charge in [-0.2, -0.15) is 0 Å². The van der Waals surface area contributed by atoms with E-state index in [1.807, 2.05) is 33.8 Å². The van der Waals surface area contributed by atoms with Crippen LogP contribution < -0.4 is 31.1 Å². The van der Waals surface area contributed by atoms with Crippen molar-refractivity contribution in [2.24, 2.45) is 16.8 Å². The highest BCUT2D eigenvalue weighted by molar-refractivity contribution is 5.99. The van der Waals surface area contributed by atoms with E-state index in [1.165, 1.54) is 10.5 Å². The Morgan fingerprint density at radius 1 is 0.908 bits per heavy atom. The molecule has 358 valence electrons. The number of rotatable bonds is 9. The highest BCUT2D eigenvalue weighted by Crippen LogP contribution is 2.43. The third-order valence-electron chi connectivity index (χ3n) is 14.8. The number of alkyl halides is 1. The minimum Gasteiger partial charge on any atom is -0.488 e. The Labute approximate surface area is 386 Å². The van der Waals surface area contributed by atoms with Gasteiger partial charge in [0.2, 0.25) is 5.91 Å². The van der Waals surface area contributed by atoms with Gasteiger partial charge in [-0.25, -0.2) is 23.6 Å². The molecule has 0 spiro atoms. The second kappa shape index (κ2) is 19.6. The van der Waals surface area contributed by atoms with E-state index in [1.54, 1.807) is 4.90 Å². The Morgan fingerprint density at radius 2 is 1.60 bits per heavy atom. The maximum absolute atomic E-state index is 16.4. The van der Waals surface area contributed by atoms with E-state index >= 15 is 13.2 Å². The topological polar surface area (TPSA) is 117 Å². The first kappa shape index (κ1) is 46.8. The van der Waals surface area contributed by atoms with Gasteiger partial charge in [0, 0.05) is 83.7 Å². The zero-order valence-electron chi connectivity index (χ0n) is 39.1. The van der Waals surface area contributed by atoms with Crippen LogP contribution in [-0.4, -0.2) is 102 Å². The molecule has 0 bridgehead atoms. The van der Waals surface area contributed by atoms with E-state index in [0.717, 1.165) is 87.4 Å². The lowest BCUT2D eigenvalue weighted by Gasteiger charge is -2.42. The lowest BCUT2D eigenvalue weighted by molar-refractivity contribution is -0.121. The summed E-state index contributed by atoms with van der Waals surface area (Å²) in [6.45, 7) is 19.8. The zero-order chi connectivity index (χ0) is 46.0. The number of fused-ring (bicyclic) bond motifs is 2. The number of piperidine rings is 4. The SMILES string of the molecule is C=C1NC(=O)CCC1N1Cc2c(cc(F)c(N3CCC(CC4(F)CCN(CC5CCN(C6=NCNC(C7NNc8ccc(OC9(C)CC9)cc87)=C6)CC5)CC4)CC3)c2F)C1=O.CC.CC.[HH].[HH]. The number of nitrogens with one attached hydrogen (secondary N) is 4. The molecule has 2 unspecified atom stereocenters. The summed E-state index contributed by atoms with van der Waals surface area (Å²) in [5.74, 6) is 0.567. The maximum Gasteiger partial charge on any atom is 0.255 e. The van der Waals surface area contributed by atoms with Gasteiger partial charge >= 0.3 is 0 Å². The van der Waals surface area contributed by atoms with E-state index in [-0.39, 0.29) is 56.1 Å². The second-order valence-corrected chi connectivity index (χ2v) is 19.1. The summed E-state index contributed by atoms with van der Waals surface area (Å²) in [4.78, 5) is 37.9. The van der Waals surface area contributed by atoms with Gasteiger partial charge in [0.15, 0.2) is 5.82 Å². The first-order valence-electron chi connectivity index (χ1n) is 24.5. The Hall–Kier alpha value is -4.76. The number of halogens is 3. The average Bonchev–Trinajstić information content (AvgIpc) is 3.74. The predicted molar refractivity (Wildman–Crippen MR) is 255 cm³/mol. The van der Waals surface area contributed by atoms with Crippen molar-refractivity contribution in [2.75, 3.05) is 62.8 Å². The van der Waals surface area contributed by atoms with Crippen LogP contribution in [0.15, 0.2) is 53.3 Å². The fraction of sp³-hybridized carbons (Fsp3) is 0.620. The Balaban J connectivity index is 0.00000120. The lowest BCUT2D eigenvalue weighted by Crippen LogP contribution is -2.47. The first-order valence-corrected chi connectivity index (χ1v) is 24.5. The van der Waals surface area contributed by atoms with E-state index < -0.39 is 29.3 Å². The third kappa shape index (κ3) is 10.0. The molecule has 12 nitrogen and oxygen atoms in total. The highest BCUT2D eigenvalue weighted by Gasteiger charge is 2.43. The van der Waals surface area contributed by atoms with Gasteiger partial charge < -0.3 is 40.4 Å². The van der Waals surface area contributed by atoms with Crippen LogP contribution in [0.4, 0.5) is 24.5 Å². The fourth-order valence-electron chi connectivity index (χ4n) is 10.8. The summed E-state index contributed by atoms with van der Waals surface area (Å²) < 4.78 is 54.2. The van der Waals surface area contributed by atoms with Gasteiger partial charge in [0.1, 0.15) is 41.0 Å². The van der Waals surface area contributed by atoms with Gasteiger partial charge in [0.05, 0.1) is 29.9 Å². The second-order valence-electron chi connectivity index (χ2n) is 19.1. The van der Waals surface area contributed by atoms with Crippen LogP contribution in [-0.2, 0) is 11.3 Å². The van der Waals surface area contributed by atoms with Crippen LogP contribution >= 0.6 is 0 Å². The van der Waals surface area contributed by atoms with Crippen LogP contribution in [0.2, 0.25) is 0 Å². The Bertz CT molecular complexity index is 2170. The van der Waals surface area contributed by atoms with Crippen molar-refractivity contribution in [2.45, 2.75) is 135 Å². The quantitative estimate of drug-likeness (QED) is 0.196. The number of hydrogen-bond acceptors (Lipinski definition) is 10. The molecular formula is C50H74F3N9O3. The first-order chi connectivity index (χ1) is 31.4. The smallest absolute Gasteiger partial charge is 0.255 e. The largest absolute Gasteiger partial charge is 0.488 e. The van der Waals surface area contributed by atoms with Crippen molar-refractivity contribution in [3.8, 4) is 5.75 Å². The van der Waals surface area contributed by atoms with Gasteiger partial charge in [-0.3, -0.25) is 9.59 Å². The number of aliphatic imine (C=N–C) groups is 1. The summed E-state index contributed by atoms with van der Waals surface area (Å²) in [7, 11) is 0. The summed E-state index contributed by atoms with van der Waals surface area (Å²) in [5.41, 5.74) is 9.34. The molecule has 15 heteroatoms. The monoisotopic (exact) mass is 906 g/mol. The van der Waals surface area contributed by atoms with Crippen molar-refractivity contribution < 1.29 is 30.4 Å². The van der Waals surface area contributed by atoms with Crippen LogP contribution in [0.3, 0.4) is 0 Å². The summed E-state index contributed by atoms with van der Waals surface area (Å²) in [5, 5.41) is 6.17. The van der Waals surface area contributed by atoms with Gasteiger partial charge in [0.25, 0.3) is 5.91 Å². The molecule has 10 rings (SSSR count). The van der Waals surface area contributed by atoms with Crippen molar-refractivity contribution in [3.05, 3.63) is 76.6 Å². The summed E-state index contributed by atoms with van der Waals surface area (Å²) in [6, 6.07) is 6.94. The van der Waals surface area contributed by atoms with Crippen LogP contribution in [0.5, 0.6) is 5.75 Å². The summed E-state index contributed by atoms with van der Waals surface area (Å²) >= 11 is 0. The van der Waals surface area contributed by atoms with Crippen molar-refractivity contribution in [3.63, 3.8) is 0 Å². The predicted octanol–water partition coefficient (Wildman–Crippen LogP) is 8.83. The van der Waals surface area contributed by atoms with Gasteiger partial charge in [-0.05, 0) is 107 Å². The fourth-order valence-corrected chi connectivity index (χ4v) is 10.8. The number of hydrogen-bond donors (Lipinski definition) is 4. The van der Waals surface area contributed by atoms with Crippen LogP contribution in [0.25, 0.3) is 0 Å². The average molecular weight is 906 g/mol. The van der Waals surface area contributed by atoms with Crippen molar-refractivity contribution in [1.29, 1.82) is 0 Å². The molecule has 2 aromatic carbocycles. The highest BCUT2D eigenvalue weighted by atomic mass is 19.1. The molecule has 2 amide bonds. The molecule has 5 fully saturated rings. The number of amides is 2. The van der Waals surface area contributed by atoms with E-state index in [0.29, 0.717) is 69.9 Å². The number of likely N-dealkylation sites (tertiary alicyclic amines) is 2. The standard InChI is InChI=1S/C46H58F3N9O3.2C2H6.2H2/c1-28-38(5-6-40(59)52-28)58-26-34-32(44(58)60)22-35(47)43(41(34)48)57-17-7-29(8-18-57)24-46(49)13-19-55(20-14-46)25-30-9-15-56(16-10-30)39-23-37(50-27-51-39)42-33-21-31(61-45(2)11-12-45)3-4-36(33)53-54-42;2*1-2;;/h3-4,21-23,29-30,38,42,50,53-54H,1,5-20,24-27H2,2H3,(H,52,59);2*1-2H3;2*1H. The van der Waals surface area contributed by atoms with Crippen molar-refractivity contribution in [1.82, 2.24) is 30.8 Å². The molecule has 8 aliphatic rings. The zero-order valence-corrected chi connectivity index (χ0v) is 39.1. The number of carbonyl (C=O) groups is 2. The molecule has 2 atom stereocenters. The molecule has 7 heterocycles. The minimum absolute atomic E-state index is 0. The third-order valence-corrected chi connectivity index (χ3v) is 14.8. The van der Waals surface area contributed by atoms with Crippen molar-refractivity contribution >= 4 is 29.0 Å². The van der Waals surface area contributed by atoms with Gasteiger partial charge in [-0.15, -0.1) is 0 Å². The molecule has 7 aliphatic heterocycles. The lowest BCUT2D eigenvalue weighted by atomic mass is 9.80. The number of ether oxygens (including phenoxy) is 1. The van der Waals surface area contributed by atoms with Gasteiger partial charge in [-0.1, -0.05) is 34.3 Å². The normalized spacial score (nSPS) is 25.1. The summed E-state index contributed by atoms with van der Waals surface area (Å²) in [6.07, 6.45) is 9.97. The number of hydrazine groups is 1. The number of anilines is 2. The number of carbonyl (C=O) groups excluding carboxylic acids is 2. The van der Waals surface area contributed by atoms with E-state index in [2.05, 4.69) is 63.0 Å².